The van der Waals surface area contributed by atoms with Crippen molar-refractivity contribution in [2.75, 3.05) is 13.1 Å². The number of furan rings is 2. The second-order valence-corrected chi connectivity index (χ2v) is 10.7. The molecule has 6 heteroatoms. The van der Waals surface area contributed by atoms with Crippen molar-refractivity contribution in [3.63, 3.8) is 0 Å². The molecule has 6 rings (SSSR count). The summed E-state index contributed by atoms with van der Waals surface area (Å²) >= 11 is 0. The normalized spacial score (nSPS) is 30.4. The van der Waals surface area contributed by atoms with Gasteiger partial charge in [-0.1, -0.05) is 0 Å². The Morgan fingerprint density at radius 1 is 0.812 bits per heavy atom. The second kappa shape index (κ2) is 8.80. The molecule has 4 aliphatic rings. The zero-order chi connectivity index (χ0) is 22.0. The van der Waals surface area contributed by atoms with Crippen LogP contribution in [0.5, 0.6) is 0 Å². The van der Waals surface area contributed by atoms with Gasteiger partial charge in [0.25, 0.3) is 0 Å². The number of nitrogens with one attached hydrogen (secondary N) is 2. The van der Waals surface area contributed by atoms with E-state index in [1.165, 1.54) is 6.42 Å². The molecule has 0 aliphatic heterocycles. The average Bonchev–Trinajstić information content (AvgIpc) is 3.40. The van der Waals surface area contributed by atoms with E-state index in [2.05, 4.69) is 10.6 Å². The SMILES string of the molecule is O=C(CC12CC3CC(C1)CC(CC(=O)NCCc1ccco1)(C3)C2)NCCc1ccco1. The lowest BCUT2D eigenvalue weighted by molar-refractivity contribution is -0.146. The van der Waals surface area contributed by atoms with Crippen molar-refractivity contribution in [1.29, 1.82) is 0 Å². The van der Waals surface area contributed by atoms with E-state index in [9.17, 15) is 9.59 Å². The maximum absolute atomic E-state index is 12.8. The van der Waals surface area contributed by atoms with E-state index in [4.69, 9.17) is 8.83 Å². The van der Waals surface area contributed by atoms with Gasteiger partial charge in [-0.05, 0) is 85.5 Å². The summed E-state index contributed by atoms with van der Waals surface area (Å²) in [6, 6.07) is 7.63. The highest BCUT2D eigenvalue weighted by Crippen LogP contribution is 2.67. The van der Waals surface area contributed by atoms with Crippen LogP contribution in [0.15, 0.2) is 45.6 Å². The molecule has 0 atom stereocenters. The van der Waals surface area contributed by atoms with Crippen LogP contribution >= 0.6 is 0 Å². The van der Waals surface area contributed by atoms with Gasteiger partial charge in [0.1, 0.15) is 11.5 Å². The minimum Gasteiger partial charge on any atom is -0.469 e. The highest BCUT2D eigenvalue weighted by atomic mass is 16.3. The van der Waals surface area contributed by atoms with Gasteiger partial charge in [0.15, 0.2) is 0 Å². The van der Waals surface area contributed by atoms with E-state index < -0.39 is 0 Å². The van der Waals surface area contributed by atoms with E-state index in [0.717, 1.165) is 56.5 Å². The fourth-order valence-electron chi connectivity index (χ4n) is 7.43. The summed E-state index contributed by atoms with van der Waals surface area (Å²) in [4.78, 5) is 25.6. The van der Waals surface area contributed by atoms with E-state index >= 15 is 0 Å². The van der Waals surface area contributed by atoms with Crippen molar-refractivity contribution in [1.82, 2.24) is 10.6 Å². The highest BCUT2D eigenvalue weighted by Gasteiger charge is 2.58. The number of amides is 2. The zero-order valence-corrected chi connectivity index (χ0v) is 18.7. The summed E-state index contributed by atoms with van der Waals surface area (Å²) in [6.45, 7) is 1.22. The Morgan fingerprint density at radius 3 is 1.69 bits per heavy atom. The summed E-state index contributed by atoms with van der Waals surface area (Å²) < 4.78 is 10.7. The van der Waals surface area contributed by atoms with Gasteiger partial charge in [-0.15, -0.1) is 0 Å². The van der Waals surface area contributed by atoms with Crippen LogP contribution in [0.1, 0.15) is 62.9 Å². The predicted molar refractivity (Wildman–Crippen MR) is 120 cm³/mol. The molecule has 4 aliphatic carbocycles. The number of rotatable bonds is 10. The number of carbonyl (C=O) groups excluding carboxylic acids is 2. The summed E-state index contributed by atoms with van der Waals surface area (Å²) in [5, 5.41) is 6.21. The van der Waals surface area contributed by atoms with Crippen LogP contribution in [-0.4, -0.2) is 24.9 Å². The molecule has 32 heavy (non-hydrogen) atoms. The summed E-state index contributed by atoms with van der Waals surface area (Å²) in [7, 11) is 0. The molecule has 2 N–H and O–H groups in total. The minimum atomic E-state index is 0.0767. The van der Waals surface area contributed by atoms with Crippen LogP contribution in [0.2, 0.25) is 0 Å². The molecule has 2 aromatic heterocycles. The van der Waals surface area contributed by atoms with Crippen LogP contribution in [0.3, 0.4) is 0 Å². The van der Waals surface area contributed by atoms with E-state index in [1.54, 1.807) is 12.5 Å². The lowest BCUT2D eigenvalue weighted by atomic mass is 9.43. The summed E-state index contributed by atoms with van der Waals surface area (Å²) in [5.41, 5.74) is 0.153. The Morgan fingerprint density at radius 2 is 1.28 bits per heavy atom. The van der Waals surface area contributed by atoms with Crippen LogP contribution < -0.4 is 10.6 Å². The van der Waals surface area contributed by atoms with Gasteiger partial charge in [-0.2, -0.15) is 0 Å². The Balaban J connectivity index is 1.15. The van der Waals surface area contributed by atoms with Crippen molar-refractivity contribution in [3.8, 4) is 0 Å². The van der Waals surface area contributed by atoms with Gasteiger partial charge in [0, 0.05) is 38.8 Å². The van der Waals surface area contributed by atoms with Crippen molar-refractivity contribution in [2.24, 2.45) is 22.7 Å². The van der Waals surface area contributed by atoms with Crippen molar-refractivity contribution >= 4 is 11.8 Å². The molecule has 6 nitrogen and oxygen atoms in total. The van der Waals surface area contributed by atoms with Crippen molar-refractivity contribution in [3.05, 3.63) is 48.3 Å². The zero-order valence-electron chi connectivity index (χ0n) is 18.7. The molecular formula is C26H34N2O4. The van der Waals surface area contributed by atoms with Crippen molar-refractivity contribution < 1.29 is 18.4 Å². The molecule has 0 unspecified atom stereocenters. The van der Waals surface area contributed by atoms with Gasteiger partial charge in [-0.25, -0.2) is 0 Å². The topological polar surface area (TPSA) is 84.5 Å². The molecule has 0 spiro atoms. The standard InChI is InChI=1S/C26H34N2O4/c29-23(27-7-5-21-3-1-9-31-21)16-25-12-19-11-20(13-25)15-26(14-19,18-25)17-24(30)28-8-6-22-4-2-10-32-22/h1-4,9-10,19-20H,5-8,11-18H2,(H,27,29)(H,28,30). The molecule has 0 saturated heterocycles. The first-order valence-electron chi connectivity index (χ1n) is 12.1. The van der Waals surface area contributed by atoms with E-state index in [0.29, 0.717) is 37.8 Å². The molecule has 4 fully saturated rings. The molecule has 172 valence electrons. The summed E-state index contributed by atoms with van der Waals surface area (Å²) in [6.07, 6.45) is 12.9. The lowest BCUT2D eigenvalue weighted by Gasteiger charge is -2.62. The molecule has 2 aromatic rings. The van der Waals surface area contributed by atoms with E-state index in [-0.39, 0.29) is 22.6 Å². The van der Waals surface area contributed by atoms with Gasteiger partial charge in [-0.3, -0.25) is 9.59 Å². The van der Waals surface area contributed by atoms with Gasteiger partial charge in [0.05, 0.1) is 12.5 Å². The lowest BCUT2D eigenvalue weighted by Crippen LogP contribution is -2.54. The number of hydrogen-bond donors (Lipinski definition) is 2. The minimum absolute atomic E-state index is 0.0767. The van der Waals surface area contributed by atoms with E-state index in [1.807, 2.05) is 24.3 Å². The Hall–Kier alpha value is -2.50. The van der Waals surface area contributed by atoms with Gasteiger partial charge < -0.3 is 19.5 Å². The third-order valence-corrected chi connectivity index (χ3v) is 7.92. The second-order valence-electron chi connectivity index (χ2n) is 10.7. The largest absolute Gasteiger partial charge is 0.469 e. The average molecular weight is 439 g/mol. The van der Waals surface area contributed by atoms with Crippen molar-refractivity contribution in [2.45, 2.75) is 64.2 Å². The molecule has 0 radical (unpaired) electrons. The molecular weight excluding hydrogens is 404 g/mol. The first-order valence-corrected chi connectivity index (χ1v) is 12.1. The fourth-order valence-corrected chi connectivity index (χ4v) is 7.43. The summed E-state index contributed by atoms with van der Waals surface area (Å²) in [5.74, 6) is 3.44. The maximum atomic E-state index is 12.8. The van der Waals surface area contributed by atoms with Crippen LogP contribution in [0, 0.1) is 22.7 Å². The number of hydrogen-bond acceptors (Lipinski definition) is 4. The first-order chi connectivity index (χ1) is 15.5. The van der Waals surface area contributed by atoms with Crippen LogP contribution in [-0.2, 0) is 22.4 Å². The van der Waals surface area contributed by atoms with Gasteiger partial charge >= 0.3 is 0 Å². The monoisotopic (exact) mass is 438 g/mol. The predicted octanol–water partition coefficient (Wildman–Crippen LogP) is 4.26. The first kappa shape index (κ1) is 21.4. The number of carbonyl (C=O) groups is 2. The Labute approximate surface area is 189 Å². The third-order valence-electron chi connectivity index (χ3n) is 7.92. The third kappa shape index (κ3) is 4.79. The Kier molecular flexibility index (Phi) is 5.87. The maximum Gasteiger partial charge on any atom is 0.220 e. The quantitative estimate of drug-likeness (QED) is 0.581. The smallest absolute Gasteiger partial charge is 0.220 e. The van der Waals surface area contributed by atoms with Crippen LogP contribution in [0.4, 0.5) is 0 Å². The molecule has 0 aromatic carbocycles. The Bertz CT molecular complexity index is 832. The molecule has 4 saturated carbocycles. The molecule has 2 heterocycles. The highest BCUT2D eigenvalue weighted by molar-refractivity contribution is 5.78. The molecule has 2 amide bonds. The van der Waals surface area contributed by atoms with Gasteiger partial charge in [0.2, 0.25) is 11.8 Å². The fraction of sp³-hybridized carbons (Fsp3) is 0.615. The van der Waals surface area contributed by atoms with Crippen LogP contribution in [0.25, 0.3) is 0 Å². The molecule has 4 bridgehead atoms.